The summed E-state index contributed by atoms with van der Waals surface area (Å²) >= 11 is 2.69. The lowest BCUT2D eigenvalue weighted by Crippen LogP contribution is -2.71. The molecule has 2 aliphatic rings. The van der Waals surface area contributed by atoms with E-state index in [4.69, 9.17) is 4.42 Å². The molecule has 0 bridgehead atoms. The number of fused-ring (bicyclic) bond motifs is 1. The van der Waals surface area contributed by atoms with Gasteiger partial charge in [0.2, 0.25) is 5.71 Å². The smallest absolute Gasteiger partial charge is 0.353 e. The van der Waals surface area contributed by atoms with Gasteiger partial charge in [-0.15, -0.1) is 23.5 Å². The van der Waals surface area contributed by atoms with Gasteiger partial charge in [0.25, 0.3) is 11.8 Å². The molecule has 1 aromatic rings. The molecule has 1 aromatic heterocycles. The van der Waals surface area contributed by atoms with Gasteiger partial charge in [0.1, 0.15) is 24.2 Å². The largest absolute Gasteiger partial charge is 0.477 e. The molecule has 2 aliphatic heterocycles. The number of carbonyl (C=O) groups excluding carboxylic acids is 2. The normalized spacial score (nSPS) is 22.6. The molecule has 0 aliphatic carbocycles. The van der Waals surface area contributed by atoms with Crippen molar-refractivity contribution in [2.75, 3.05) is 19.1 Å². The number of thioether (sulfide) groups is 2. The van der Waals surface area contributed by atoms with Crippen molar-refractivity contribution >= 4 is 47.0 Å². The first-order chi connectivity index (χ1) is 12.5. The summed E-state index contributed by atoms with van der Waals surface area (Å²) in [5.41, 5.74) is -0.128. The summed E-state index contributed by atoms with van der Waals surface area (Å²) in [5, 5.41) is 15.2. The average Bonchev–Trinajstić information content (AvgIpc) is 3.16. The van der Waals surface area contributed by atoms with Crippen LogP contribution >= 0.6 is 23.5 Å². The van der Waals surface area contributed by atoms with Gasteiger partial charge in [-0.05, 0) is 18.4 Å². The quantitative estimate of drug-likeness (QED) is 0.409. The van der Waals surface area contributed by atoms with Crippen LogP contribution in [0, 0.1) is 0 Å². The summed E-state index contributed by atoms with van der Waals surface area (Å²) in [5.74, 6) is -1.62. The first-order valence-electron chi connectivity index (χ1n) is 7.40. The first-order valence-corrected chi connectivity index (χ1v) is 9.68. The van der Waals surface area contributed by atoms with E-state index in [0.29, 0.717) is 10.7 Å². The minimum absolute atomic E-state index is 0.0198. The number of hydrogen-bond acceptors (Lipinski definition) is 8. The minimum Gasteiger partial charge on any atom is -0.477 e. The zero-order valence-corrected chi connectivity index (χ0v) is 15.4. The van der Waals surface area contributed by atoms with E-state index in [1.54, 1.807) is 12.3 Å². The third kappa shape index (κ3) is 3.07. The van der Waals surface area contributed by atoms with E-state index in [1.807, 2.05) is 0 Å². The summed E-state index contributed by atoms with van der Waals surface area (Å²) in [6.07, 6.45) is 3.15. The van der Waals surface area contributed by atoms with Gasteiger partial charge in [0.15, 0.2) is 5.76 Å². The van der Waals surface area contributed by atoms with E-state index >= 15 is 0 Å². The summed E-state index contributed by atoms with van der Waals surface area (Å²) < 4.78 is 5.15. The number of oxime groups is 1. The predicted octanol–water partition coefficient (Wildman–Crippen LogP) is 0.689. The summed E-state index contributed by atoms with van der Waals surface area (Å²) in [4.78, 5) is 43.0. The molecule has 0 spiro atoms. The highest BCUT2D eigenvalue weighted by Gasteiger charge is 2.54. The maximum Gasteiger partial charge on any atom is 0.353 e. The molecular weight excluding hydrogens is 382 g/mol. The number of rotatable bonds is 6. The molecule has 2 atom stereocenters. The predicted molar refractivity (Wildman–Crippen MR) is 95.5 cm³/mol. The molecule has 0 radical (unpaired) electrons. The lowest BCUT2D eigenvalue weighted by molar-refractivity contribution is -0.150. The summed E-state index contributed by atoms with van der Waals surface area (Å²) in [7, 11) is 1.29. The second-order valence-electron chi connectivity index (χ2n) is 5.24. The number of carboxylic acid groups (broad SMARTS) is 1. The van der Waals surface area contributed by atoms with Gasteiger partial charge >= 0.3 is 5.97 Å². The standard InChI is InChI=1S/C15H15N3O6S2/c1-23-17-9(7-4-3-5-24-7)12(19)16-10-13(20)18-11(15(21)22)8(25-2)6-26-14(10)18/h3-5,10,14H,6H2,1-2H3,(H,16,19)(H,21,22)/b17-9+/t10-,14-/m1/s1. The summed E-state index contributed by atoms with van der Waals surface area (Å²) in [6, 6.07) is 2.29. The topological polar surface area (TPSA) is 121 Å². The summed E-state index contributed by atoms with van der Waals surface area (Å²) in [6.45, 7) is 0. The van der Waals surface area contributed by atoms with Crippen LogP contribution in [0.3, 0.4) is 0 Å². The molecule has 1 saturated heterocycles. The number of amides is 2. The Morgan fingerprint density at radius 3 is 2.88 bits per heavy atom. The van der Waals surface area contributed by atoms with Crippen molar-refractivity contribution in [3.05, 3.63) is 34.8 Å². The van der Waals surface area contributed by atoms with Gasteiger partial charge in [0, 0.05) is 10.7 Å². The molecule has 9 nitrogen and oxygen atoms in total. The van der Waals surface area contributed by atoms with Crippen molar-refractivity contribution in [3.8, 4) is 0 Å². The van der Waals surface area contributed by atoms with Crippen LogP contribution in [-0.2, 0) is 19.2 Å². The van der Waals surface area contributed by atoms with E-state index in [0.717, 1.165) is 0 Å². The van der Waals surface area contributed by atoms with Crippen molar-refractivity contribution in [1.29, 1.82) is 0 Å². The molecule has 3 heterocycles. The van der Waals surface area contributed by atoms with Crippen LogP contribution in [0.2, 0.25) is 0 Å². The molecule has 0 unspecified atom stereocenters. The molecule has 26 heavy (non-hydrogen) atoms. The molecule has 11 heteroatoms. The van der Waals surface area contributed by atoms with E-state index < -0.39 is 29.2 Å². The lowest BCUT2D eigenvalue weighted by atomic mass is 10.0. The van der Waals surface area contributed by atoms with E-state index in [2.05, 4.69) is 15.3 Å². The molecule has 0 aromatic carbocycles. The SMILES string of the molecule is CO/N=C(/C(=O)N[C@@H]1C(=O)N2C(C(=O)O)=C(SC)CS[C@H]12)c1ccco1. The highest BCUT2D eigenvalue weighted by molar-refractivity contribution is 8.05. The highest BCUT2D eigenvalue weighted by Crippen LogP contribution is 2.42. The van der Waals surface area contributed by atoms with Crippen LogP contribution in [0.15, 0.2) is 38.6 Å². The Morgan fingerprint density at radius 1 is 1.54 bits per heavy atom. The number of carboxylic acids is 1. The zero-order valence-electron chi connectivity index (χ0n) is 13.8. The number of hydrogen-bond donors (Lipinski definition) is 2. The molecule has 3 rings (SSSR count). The zero-order chi connectivity index (χ0) is 18.8. The van der Waals surface area contributed by atoms with Crippen LogP contribution in [0.5, 0.6) is 0 Å². The van der Waals surface area contributed by atoms with Crippen LogP contribution in [0.25, 0.3) is 0 Å². The Labute approximate surface area is 156 Å². The number of nitrogens with one attached hydrogen (secondary N) is 1. The molecular formula is C15H15N3O6S2. The molecule has 138 valence electrons. The third-order valence-corrected chi connectivity index (χ3v) is 6.11. The molecule has 2 amide bonds. The van der Waals surface area contributed by atoms with Crippen LogP contribution < -0.4 is 5.32 Å². The van der Waals surface area contributed by atoms with Crippen LogP contribution in [-0.4, -0.2) is 64.0 Å². The highest BCUT2D eigenvalue weighted by atomic mass is 32.2. The minimum atomic E-state index is -1.16. The maximum absolute atomic E-state index is 12.5. The van der Waals surface area contributed by atoms with Gasteiger partial charge in [-0.25, -0.2) is 4.79 Å². The second-order valence-corrected chi connectivity index (χ2v) is 7.25. The van der Waals surface area contributed by atoms with Gasteiger partial charge in [0.05, 0.1) is 6.26 Å². The van der Waals surface area contributed by atoms with Crippen molar-refractivity contribution in [2.24, 2.45) is 5.16 Å². The first kappa shape index (κ1) is 18.4. The number of nitrogens with zero attached hydrogens (tertiary/aromatic N) is 2. The van der Waals surface area contributed by atoms with Crippen molar-refractivity contribution in [3.63, 3.8) is 0 Å². The Kier molecular flexibility index (Phi) is 5.28. The van der Waals surface area contributed by atoms with E-state index in [9.17, 15) is 19.5 Å². The van der Waals surface area contributed by atoms with Crippen molar-refractivity contribution < 1.29 is 28.7 Å². The average molecular weight is 397 g/mol. The monoisotopic (exact) mass is 397 g/mol. The number of carbonyl (C=O) groups is 3. The molecule has 1 fully saturated rings. The van der Waals surface area contributed by atoms with Crippen LogP contribution in [0.1, 0.15) is 5.76 Å². The maximum atomic E-state index is 12.5. The Hall–Kier alpha value is -2.40. The van der Waals surface area contributed by atoms with Crippen molar-refractivity contribution in [1.82, 2.24) is 10.2 Å². The lowest BCUT2D eigenvalue weighted by Gasteiger charge is -2.49. The van der Waals surface area contributed by atoms with Gasteiger partial charge in [-0.3, -0.25) is 14.5 Å². The van der Waals surface area contributed by atoms with Crippen molar-refractivity contribution in [2.45, 2.75) is 11.4 Å². The Balaban J connectivity index is 1.78. The third-order valence-electron chi connectivity index (χ3n) is 3.82. The van der Waals surface area contributed by atoms with Gasteiger partial charge < -0.3 is 19.7 Å². The molecule has 0 saturated carbocycles. The van der Waals surface area contributed by atoms with Gasteiger partial charge in [-0.2, -0.15) is 0 Å². The Morgan fingerprint density at radius 2 is 2.31 bits per heavy atom. The van der Waals surface area contributed by atoms with Gasteiger partial charge in [-0.1, -0.05) is 5.16 Å². The van der Waals surface area contributed by atoms with E-state index in [1.165, 1.54) is 47.9 Å². The fourth-order valence-corrected chi connectivity index (χ4v) is 4.91. The fraction of sp³-hybridized carbons (Fsp3) is 0.333. The fourth-order valence-electron chi connectivity index (χ4n) is 2.66. The molecule has 2 N–H and O–H groups in total. The van der Waals surface area contributed by atoms with E-state index in [-0.39, 0.29) is 17.2 Å². The number of furan rings is 1. The number of aliphatic carboxylic acids is 1. The number of β-lactam (4-membered cyclic amide) rings is 1. The Bertz CT molecular complexity index is 804. The van der Waals surface area contributed by atoms with Crippen LogP contribution in [0.4, 0.5) is 0 Å². The second kappa shape index (κ2) is 7.46.